The normalized spacial score (nSPS) is 17.6. The third kappa shape index (κ3) is 4.94. The predicted molar refractivity (Wildman–Crippen MR) is 83.8 cm³/mol. The van der Waals surface area contributed by atoms with E-state index in [0.717, 1.165) is 12.1 Å². The Balaban J connectivity index is 2.04. The zero-order valence-corrected chi connectivity index (χ0v) is 13.6. The largest absolute Gasteiger partial charge is 0.480 e. The maximum Gasteiger partial charge on any atom is 0.317 e. The lowest BCUT2D eigenvalue weighted by Gasteiger charge is -2.34. The molecule has 9 nitrogen and oxygen atoms in total. The van der Waals surface area contributed by atoms with Crippen LogP contribution in [0.2, 0.25) is 0 Å². The van der Waals surface area contributed by atoms with Gasteiger partial charge in [-0.1, -0.05) is 0 Å². The molecule has 0 saturated carbocycles. The third-order valence-electron chi connectivity index (χ3n) is 3.74. The highest BCUT2D eigenvalue weighted by atomic mass is 19.1. The van der Waals surface area contributed by atoms with Gasteiger partial charge in [0.1, 0.15) is 5.82 Å². The van der Waals surface area contributed by atoms with Crippen molar-refractivity contribution >= 4 is 17.6 Å². The molecule has 1 aliphatic rings. The van der Waals surface area contributed by atoms with E-state index in [2.05, 4.69) is 0 Å². The lowest BCUT2D eigenvalue weighted by molar-refractivity contribution is -0.385. The minimum absolute atomic E-state index is 0.162. The molecule has 1 aromatic rings. The fraction of sp³-hybridized carbons (Fsp3) is 0.467. The van der Waals surface area contributed by atoms with Crippen molar-refractivity contribution in [3.63, 3.8) is 0 Å². The van der Waals surface area contributed by atoms with E-state index in [1.807, 2.05) is 0 Å². The third-order valence-corrected chi connectivity index (χ3v) is 3.74. The van der Waals surface area contributed by atoms with E-state index in [9.17, 15) is 24.1 Å². The highest BCUT2D eigenvalue weighted by molar-refractivity contribution is 5.94. The average molecular weight is 355 g/mol. The molecule has 1 heterocycles. The summed E-state index contributed by atoms with van der Waals surface area (Å²) in [6.07, 6.45) is -0.400. The van der Waals surface area contributed by atoms with Gasteiger partial charge in [0.05, 0.1) is 35.8 Å². The van der Waals surface area contributed by atoms with Gasteiger partial charge in [-0.05, 0) is 13.1 Å². The minimum atomic E-state index is -0.973. The molecule has 0 radical (unpaired) electrons. The number of hydrogen-bond acceptors (Lipinski definition) is 6. The number of likely N-dealkylation sites (N-methyl/N-ethyl adjacent to an activating group) is 1. The number of nitrogens with zero attached hydrogens (tertiary/aromatic N) is 3. The molecule has 136 valence electrons. The SMILES string of the molecule is CN(CC(=O)O)CC1CN(C(=O)c2ccc([N+](=O)[O-])cc2F)CCO1. The number of nitro groups is 1. The lowest BCUT2D eigenvalue weighted by Crippen LogP contribution is -2.49. The van der Waals surface area contributed by atoms with Gasteiger partial charge in [0.2, 0.25) is 0 Å². The number of carboxylic acid groups (broad SMARTS) is 1. The first kappa shape index (κ1) is 18.7. The lowest BCUT2D eigenvalue weighted by atomic mass is 10.1. The molecule has 1 atom stereocenters. The molecule has 0 aromatic heterocycles. The van der Waals surface area contributed by atoms with Crippen molar-refractivity contribution in [2.24, 2.45) is 0 Å². The van der Waals surface area contributed by atoms with Gasteiger partial charge in [-0.3, -0.25) is 24.6 Å². The minimum Gasteiger partial charge on any atom is -0.480 e. The number of non-ortho nitro benzene ring substituents is 1. The van der Waals surface area contributed by atoms with E-state index in [1.54, 1.807) is 11.9 Å². The molecule has 1 fully saturated rings. The van der Waals surface area contributed by atoms with E-state index in [-0.39, 0.29) is 31.8 Å². The molecular formula is C15H18FN3O6. The fourth-order valence-corrected chi connectivity index (χ4v) is 2.62. The van der Waals surface area contributed by atoms with Gasteiger partial charge in [-0.25, -0.2) is 4.39 Å². The van der Waals surface area contributed by atoms with Crippen LogP contribution in [0.1, 0.15) is 10.4 Å². The highest BCUT2D eigenvalue weighted by Crippen LogP contribution is 2.19. The van der Waals surface area contributed by atoms with E-state index < -0.39 is 34.4 Å². The maximum atomic E-state index is 14.0. The first-order valence-corrected chi connectivity index (χ1v) is 7.53. The molecule has 0 bridgehead atoms. The van der Waals surface area contributed by atoms with Gasteiger partial charge in [-0.2, -0.15) is 0 Å². The smallest absolute Gasteiger partial charge is 0.317 e. The van der Waals surface area contributed by atoms with Gasteiger partial charge < -0.3 is 14.7 Å². The number of carboxylic acids is 1. The number of benzene rings is 1. The van der Waals surface area contributed by atoms with Crippen LogP contribution < -0.4 is 0 Å². The number of carbonyl (C=O) groups is 2. The number of aliphatic carboxylic acids is 1. The summed E-state index contributed by atoms with van der Waals surface area (Å²) in [5.41, 5.74) is -0.672. The molecule has 0 spiro atoms. The summed E-state index contributed by atoms with van der Waals surface area (Å²) in [6, 6.07) is 2.89. The highest BCUT2D eigenvalue weighted by Gasteiger charge is 2.28. The molecule has 1 amide bonds. The molecule has 1 aliphatic heterocycles. The number of nitro benzene ring substituents is 1. The number of morpholine rings is 1. The topological polar surface area (TPSA) is 113 Å². The van der Waals surface area contributed by atoms with Crippen LogP contribution in [-0.2, 0) is 9.53 Å². The Kier molecular flexibility index (Phi) is 5.99. The van der Waals surface area contributed by atoms with Crippen molar-refractivity contribution in [3.05, 3.63) is 39.7 Å². The van der Waals surface area contributed by atoms with Crippen LogP contribution in [0.5, 0.6) is 0 Å². The molecule has 0 aliphatic carbocycles. The summed E-state index contributed by atoms with van der Waals surface area (Å²) in [5, 5.41) is 19.4. The Morgan fingerprint density at radius 1 is 1.52 bits per heavy atom. The summed E-state index contributed by atoms with van der Waals surface area (Å²) >= 11 is 0. The Bertz CT molecular complexity index is 683. The molecule has 10 heteroatoms. The van der Waals surface area contributed by atoms with E-state index >= 15 is 0 Å². The zero-order chi connectivity index (χ0) is 18.6. The first-order valence-electron chi connectivity index (χ1n) is 7.53. The molecule has 25 heavy (non-hydrogen) atoms. The van der Waals surface area contributed by atoms with Gasteiger partial charge in [0.15, 0.2) is 0 Å². The zero-order valence-electron chi connectivity index (χ0n) is 13.6. The van der Waals surface area contributed by atoms with Crippen LogP contribution >= 0.6 is 0 Å². The molecule has 2 rings (SSSR count). The molecule has 1 aromatic carbocycles. The monoisotopic (exact) mass is 355 g/mol. The number of rotatable bonds is 6. The van der Waals surface area contributed by atoms with Crippen LogP contribution in [0, 0.1) is 15.9 Å². The van der Waals surface area contributed by atoms with E-state index in [4.69, 9.17) is 9.84 Å². The second-order valence-corrected chi connectivity index (χ2v) is 5.76. The van der Waals surface area contributed by atoms with Crippen LogP contribution in [0.25, 0.3) is 0 Å². The summed E-state index contributed by atoms with van der Waals surface area (Å²) < 4.78 is 19.5. The van der Waals surface area contributed by atoms with Gasteiger partial charge >= 0.3 is 5.97 Å². The van der Waals surface area contributed by atoms with Crippen LogP contribution in [-0.4, -0.2) is 77.6 Å². The van der Waals surface area contributed by atoms with Crippen molar-refractivity contribution in [2.75, 3.05) is 39.8 Å². The van der Waals surface area contributed by atoms with Gasteiger partial charge in [0.25, 0.3) is 11.6 Å². The standard InChI is InChI=1S/C15H18FN3O6/c1-17(9-14(20)21)7-11-8-18(4-5-25-11)15(22)12-3-2-10(19(23)24)6-13(12)16/h2-3,6,11H,4-5,7-9H2,1H3,(H,20,21). The second-order valence-electron chi connectivity index (χ2n) is 5.76. The number of ether oxygens (including phenoxy) is 1. The Labute approximate surface area is 142 Å². The van der Waals surface area contributed by atoms with Crippen LogP contribution in [0.15, 0.2) is 18.2 Å². The number of amides is 1. The van der Waals surface area contributed by atoms with E-state index in [1.165, 1.54) is 4.90 Å². The molecule has 1 saturated heterocycles. The molecule has 1 unspecified atom stereocenters. The number of carbonyl (C=O) groups excluding carboxylic acids is 1. The average Bonchev–Trinajstić information content (AvgIpc) is 2.53. The Morgan fingerprint density at radius 2 is 2.24 bits per heavy atom. The number of halogens is 1. The molecular weight excluding hydrogens is 337 g/mol. The summed E-state index contributed by atoms with van der Waals surface area (Å²) in [4.78, 5) is 36.0. The van der Waals surface area contributed by atoms with Crippen LogP contribution in [0.4, 0.5) is 10.1 Å². The van der Waals surface area contributed by atoms with E-state index in [0.29, 0.717) is 12.6 Å². The van der Waals surface area contributed by atoms with Crippen molar-refractivity contribution in [2.45, 2.75) is 6.10 Å². The first-order chi connectivity index (χ1) is 11.8. The number of hydrogen-bond donors (Lipinski definition) is 1. The summed E-state index contributed by atoms with van der Waals surface area (Å²) in [7, 11) is 1.62. The fourth-order valence-electron chi connectivity index (χ4n) is 2.62. The van der Waals surface area contributed by atoms with Crippen molar-refractivity contribution < 1.29 is 28.7 Å². The summed E-state index contributed by atoms with van der Waals surface area (Å²) in [5.74, 6) is -2.51. The maximum absolute atomic E-state index is 14.0. The van der Waals surface area contributed by atoms with Gasteiger partial charge in [0, 0.05) is 25.7 Å². The van der Waals surface area contributed by atoms with Crippen molar-refractivity contribution in [1.29, 1.82) is 0 Å². The quantitative estimate of drug-likeness (QED) is 0.587. The van der Waals surface area contributed by atoms with Gasteiger partial charge in [-0.15, -0.1) is 0 Å². The second kappa shape index (κ2) is 7.99. The molecule has 1 N–H and O–H groups in total. The van der Waals surface area contributed by atoms with Crippen LogP contribution in [0.3, 0.4) is 0 Å². The predicted octanol–water partition coefficient (Wildman–Crippen LogP) is 0.591. The Hall–Kier alpha value is -2.59. The Morgan fingerprint density at radius 3 is 2.84 bits per heavy atom. The summed E-state index contributed by atoms with van der Waals surface area (Å²) in [6.45, 7) is 0.823. The van der Waals surface area contributed by atoms with Crippen molar-refractivity contribution in [1.82, 2.24) is 9.80 Å². The van der Waals surface area contributed by atoms with Crippen molar-refractivity contribution in [3.8, 4) is 0 Å².